The maximum absolute atomic E-state index is 14.1. The summed E-state index contributed by atoms with van der Waals surface area (Å²) in [6, 6.07) is 7.18. The number of benzene rings is 1. The van der Waals surface area contributed by atoms with Gasteiger partial charge in [0.15, 0.2) is 0 Å². The molecule has 0 aliphatic carbocycles. The fourth-order valence-electron chi connectivity index (χ4n) is 2.78. The SMILES string of the molecule is CCNC(CN(CC)CC(CC)CC)c1ccccc1F. The molecule has 1 atom stereocenters. The van der Waals surface area contributed by atoms with Crippen molar-refractivity contribution < 1.29 is 4.39 Å². The number of nitrogens with one attached hydrogen (secondary N) is 1. The van der Waals surface area contributed by atoms with Crippen LogP contribution < -0.4 is 5.32 Å². The number of nitrogens with zero attached hydrogens (tertiary/aromatic N) is 1. The van der Waals surface area contributed by atoms with Gasteiger partial charge in [-0.1, -0.05) is 58.7 Å². The fourth-order valence-corrected chi connectivity index (χ4v) is 2.78. The van der Waals surface area contributed by atoms with Crippen LogP contribution in [0.1, 0.15) is 52.1 Å². The van der Waals surface area contributed by atoms with Crippen molar-refractivity contribution in [2.45, 2.75) is 46.6 Å². The van der Waals surface area contributed by atoms with Gasteiger partial charge in [-0.3, -0.25) is 0 Å². The van der Waals surface area contributed by atoms with Crippen molar-refractivity contribution in [1.29, 1.82) is 0 Å². The second-order valence-electron chi connectivity index (χ2n) is 5.67. The first-order valence-electron chi connectivity index (χ1n) is 8.36. The van der Waals surface area contributed by atoms with Crippen LogP contribution in [0.2, 0.25) is 0 Å². The third kappa shape index (κ3) is 5.76. The zero-order valence-electron chi connectivity index (χ0n) is 14.0. The third-order valence-electron chi connectivity index (χ3n) is 4.29. The quantitative estimate of drug-likeness (QED) is 0.694. The first-order valence-corrected chi connectivity index (χ1v) is 8.36. The molecule has 0 fully saturated rings. The average Bonchev–Trinajstić information content (AvgIpc) is 2.51. The molecule has 1 unspecified atom stereocenters. The molecule has 0 saturated heterocycles. The van der Waals surface area contributed by atoms with Crippen LogP contribution in [0.3, 0.4) is 0 Å². The van der Waals surface area contributed by atoms with Gasteiger partial charge in [-0.05, 0) is 25.1 Å². The Balaban J connectivity index is 2.78. The lowest BCUT2D eigenvalue weighted by atomic mass is 10.0. The lowest BCUT2D eigenvalue weighted by Gasteiger charge is -2.30. The van der Waals surface area contributed by atoms with Crippen molar-refractivity contribution in [2.75, 3.05) is 26.2 Å². The van der Waals surface area contributed by atoms with E-state index in [-0.39, 0.29) is 11.9 Å². The highest BCUT2D eigenvalue weighted by Crippen LogP contribution is 2.19. The van der Waals surface area contributed by atoms with Gasteiger partial charge in [-0.2, -0.15) is 0 Å². The van der Waals surface area contributed by atoms with E-state index in [4.69, 9.17) is 0 Å². The van der Waals surface area contributed by atoms with E-state index in [1.165, 1.54) is 12.8 Å². The number of hydrogen-bond donors (Lipinski definition) is 1. The Bertz CT molecular complexity index is 391. The molecule has 0 aliphatic heterocycles. The van der Waals surface area contributed by atoms with Crippen LogP contribution in [-0.4, -0.2) is 31.1 Å². The van der Waals surface area contributed by atoms with Gasteiger partial charge in [0.05, 0.1) is 0 Å². The topological polar surface area (TPSA) is 15.3 Å². The van der Waals surface area contributed by atoms with Crippen molar-refractivity contribution in [3.05, 3.63) is 35.6 Å². The van der Waals surface area contributed by atoms with Crippen molar-refractivity contribution in [3.63, 3.8) is 0 Å². The Morgan fingerprint density at radius 1 is 1.05 bits per heavy atom. The molecule has 0 heterocycles. The van der Waals surface area contributed by atoms with Gasteiger partial charge in [-0.15, -0.1) is 0 Å². The monoisotopic (exact) mass is 294 g/mol. The Kier molecular flexibility index (Phi) is 8.55. The van der Waals surface area contributed by atoms with E-state index in [9.17, 15) is 4.39 Å². The molecule has 0 aromatic heterocycles. The second-order valence-corrected chi connectivity index (χ2v) is 5.67. The molecular weight excluding hydrogens is 263 g/mol. The molecule has 0 aliphatic rings. The molecule has 0 bridgehead atoms. The maximum Gasteiger partial charge on any atom is 0.128 e. The Morgan fingerprint density at radius 2 is 1.71 bits per heavy atom. The molecule has 0 amide bonds. The van der Waals surface area contributed by atoms with Gasteiger partial charge in [-0.25, -0.2) is 4.39 Å². The summed E-state index contributed by atoms with van der Waals surface area (Å²) in [7, 11) is 0. The zero-order valence-corrected chi connectivity index (χ0v) is 14.0. The van der Waals surface area contributed by atoms with Gasteiger partial charge in [0, 0.05) is 24.7 Å². The van der Waals surface area contributed by atoms with Crippen LogP contribution in [0.15, 0.2) is 24.3 Å². The molecule has 1 aromatic carbocycles. The summed E-state index contributed by atoms with van der Waals surface area (Å²) in [6.45, 7) is 12.6. The summed E-state index contributed by atoms with van der Waals surface area (Å²) in [6.07, 6.45) is 2.41. The first kappa shape index (κ1) is 18.1. The Hall–Kier alpha value is -0.930. The van der Waals surface area contributed by atoms with E-state index in [0.717, 1.165) is 37.7 Å². The van der Waals surface area contributed by atoms with Crippen molar-refractivity contribution in [2.24, 2.45) is 5.92 Å². The van der Waals surface area contributed by atoms with Crippen LogP contribution in [0, 0.1) is 11.7 Å². The standard InChI is InChI=1S/C18H31FN2/c1-5-15(6-2)13-21(8-4)14-18(20-7-3)16-11-9-10-12-17(16)19/h9-12,15,18,20H,5-8,13-14H2,1-4H3. The van der Waals surface area contributed by atoms with E-state index in [2.05, 4.69) is 37.9 Å². The van der Waals surface area contributed by atoms with E-state index < -0.39 is 0 Å². The molecule has 3 heteroatoms. The molecule has 1 N–H and O–H groups in total. The van der Waals surface area contributed by atoms with Gasteiger partial charge >= 0.3 is 0 Å². The van der Waals surface area contributed by atoms with Crippen LogP contribution in [0.4, 0.5) is 4.39 Å². The predicted octanol–water partition coefficient (Wildman–Crippen LogP) is 4.23. The highest BCUT2D eigenvalue weighted by Gasteiger charge is 2.19. The highest BCUT2D eigenvalue weighted by atomic mass is 19.1. The van der Waals surface area contributed by atoms with E-state index in [1.807, 2.05) is 12.1 Å². The van der Waals surface area contributed by atoms with Crippen molar-refractivity contribution >= 4 is 0 Å². The largest absolute Gasteiger partial charge is 0.309 e. The van der Waals surface area contributed by atoms with Gasteiger partial charge in [0.1, 0.15) is 5.82 Å². The van der Waals surface area contributed by atoms with Crippen LogP contribution >= 0.6 is 0 Å². The first-order chi connectivity index (χ1) is 10.2. The smallest absolute Gasteiger partial charge is 0.128 e. The molecule has 0 radical (unpaired) electrons. The lowest BCUT2D eigenvalue weighted by Crippen LogP contribution is -2.38. The molecule has 0 saturated carbocycles. The summed E-state index contributed by atoms with van der Waals surface area (Å²) in [4.78, 5) is 2.44. The molecule has 0 spiro atoms. The molecule has 120 valence electrons. The average molecular weight is 294 g/mol. The van der Waals surface area contributed by atoms with Crippen molar-refractivity contribution in [3.8, 4) is 0 Å². The molecule has 1 aromatic rings. The predicted molar refractivity (Wildman–Crippen MR) is 89.0 cm³/mol. The lowest BCUT2D eigenvalue weighted by molar-refractivity contribution is 0.210. The molecule has 21 heavy (non-hydrogen) atoms. The summed E-state index contributed by atoms with van der Waals surface area (Å²) < 4.78 is 14.1. The number of hydrogen-bond acceptors (Lipinski definition) is 2. The normalized spacial score (nSPS) is 13.1. The van der Waals surface area contributed by atoms with Crippen molar-refractivity contribution in [1.82, 2.24) is 10.2 Å². The highest BCUT2D eigenvalue weighted by molar-refractivity contribution is 5.21. The molecule has 1 rings (SSSR count). The number of halogens is 1. The number of likely N-dealkylation sites (N-methyl/N-ethyl adjacent to an activating group) is 2. The summed E-state index contributed by atoms with van der Waals surface area (Å²) in [5, 5.41) is 3.43. The minimum Gasteiger partial charge on any atom is -0.309 e. The van der Waals surface area contributed by atoms with Gasteiger partial charge in [0.2, 0.25) is 0 Å². The third-order valence-corrected chi connectivity index (χ3v) is 4.29. The van der Waals surface area contributed by atoms with E-state index in [1.54, 1.807) is 12.1 Å². The van der Waals surface area contributed by atoms with E-state index in [0.29, 0.717) is 0 Å². The van der Waals surface area contributed by atoms with Gasteiger partial charge < -0.3 is 10.2 Å². The molecule has 2 nitrogen and oxygen atoms in total. The summed E-state index contributed by atoms with van der Waals surface area (Å²) >= 11 is 0. The zero-order chi connectivity index (χ0) is 15.7. The Labute approximate surface area is 129 Å². The minimum absolute atomic E-state index is 0.0607. The fraction of sp³-hybridized carbons (Fsp3) is 0.667. The van der Waals surface area contributed by atoms with Crippen LogP contribution in [-0.2, 0) is 0 Å². The van der Waals surface area contributed by atoms with Crippen LogP contribution in [0.5, 0.6) is 0 Å². The van der Waals surface area contributed by atoms with E-state index >= 15 is 0 Å². The van der Waals surface area contributed by atoms with Gasteiger partial charge in [0.25, 0.3) is 0 Å². The maximum atomic E-state index is 14.1. The summed E-state index contributed by atoms with van der Waals surface area (Å²) in [5.41, 5.74) is 0.780. The van der Waals surface area contributed by atoms with Crippen LogP contribution in [0.25, 0.3) is 0 Å². The minimum atomic E-state index is -0.109. The second kappa shape index (κ2) is 9.91. The Morgan fingerprint density at radius 3 is 2.24 bits per heavy atom. The number of rotatable bonds is 10. The molecular formula is C18H31FN2. The summed E-state index contributed by atoms with van der Waals surface area (Å²) in [5.74, 6) is 0.620.